The van der Waals surface area contributed by atoms with Crippen molar-refractivity contribution in [2.45, 2.75) is 26.3 Å². The number of carbonyl (C=O) groups is 2. The molecule has 1 N–H and O–H groups in total. The molecular weight excluding hydrogens is 224 g/mol. The molecule has 17 heavy (non-hydrogen) atoms. The van der Waals surface area contributed by atoms with Crippen LogP contribution in [-0.2, 0) is 20.9 Å². The Bertz CT molecular complexity index is 350. The lowest BCUT2D eigenvalue weighted by atomic mass is 10.3. The topological polar surface area (TPSA) is 86.1 Å². The second kappa shape index (κ2) is 7.37. The summed E-state index contributed by atoms with van der Waals surface area (Å²) in [5, 5.41) is 10.1. The molecule has 0 atom stereocenters. The minimum absolute atomic E-state index is 0.114. The Labute approximate surface area is 99.1 Å². The Kier molecular flexibility index (Phi) is 5.70. The normalized spacial score (nSPS) is 9.94. The minimum atomic E-state index is -0.348. The highest BCUT2D eigenvalue weighted by Gasteiger charge is 2.06. The van der Waals surface area contributed by atoms with E-state index in [1.807, 2.05) is 0 Å². The summed E-state index contributed by atoms with van der Waals surface area (Å²) in [4.78, 5) is 22.3. The third-order valence-electron chi connectivity index (χ3n) is 2.00. The van der Waals surface area contributed by atoms with Crippen molar-refractivity contribution in [1.29, 1.82) is 0 Å². The number of nitrogens with one attached hydrogen (secondary N) is 1. The second-order valence-electron chi connectivity index (χ2n) is 3.32. The van der Waals surface area contributed by atoms with Crippen LogP contribution in [0, 0.1) is 0 Å². The number of esters is 1. The van der Waals surface area contributed by atoms with Gasteiger partial charge in [0.1, 0.15) is 0 Å². The molecule has 1 rings (SSSR count). The third-order valence-corrected chi connectivity index (χ3v) is 2.00. The van der Waals surface area contributed by atoms with Crippen LogP contribution in [0.1, 0.15) is 19.8 Å². The van der Waals surface area contributed by atoms with Gasteiger partial charge in [-0.05, 0) is 6.92 Å². The Morgan fingerprint density at radius 2 is 2.24 bits per heavy atom. The van der Waals surface area contributed by atoms with Gasteiger partial charge in [-0.1, -0.05) is 5.21 Å². The van der Waals surface area contributed by atoms with Crippen molar-refractivity contribution >= 4 is 11.9 Å². The predicted octanol–water partition coefficient (Wildman–Crippen LogP) is -0.262. The van der Waals surface area contributed by atoms with Gasteiger partial charge in [0.2, 0.25) is 5.91 Å². The van der Waals surface area contributed by atoms with E-state index in [-0.39, 0.29) is 24.7 Å². The van der Waals surface area contributed by atoms with E-state index in [4.69, 9.17) is 4.74 Å². The van der Waals surface area contributed by atoms with Crippen molar-refractivity contribution in [2.24, 2.45) is 0 Å². The number of carbonyl (C=O) groups excluding carboxylic acids is 2. The number of hydrogen-bond acceptors (Lipinski definition) is 5. The van der Waals surface area contributed by atoms with E-state index in [2.05, 4.69) is 15.6 Å². The lowest BCUT2D eigenvalue weighted by Crippen LogP contribution is -2.27. The zero-order chi connectivity index (χ0) is 12.5. The molecule has 0 aliphatic carbocycles. The zero-order valence-corrected chi connectivity index (χ0v) is 9.76. The molecule has 0 saturated carbocycles. The SMILES string of the molecule is CCOC(=O)CCC(=O)NCCn1ccnn1. The third kappa shape index (κ3) is 5.64. The average molecular weight is 240 g/mol. The maximum Gasteiger partial charge on any atom is 0.306 e. The summed E-state index contributed by atoms with van der Waals surface area (Å²) in [6.07, 6.45) is 3.55. The van der Waals surface area contributed by atoms with Crippen molar-refractivity contribution < 1.29 is 14.3 Å². The molecule has 0 aromatic carbocycles. The van der Waals surface area contributed by atoms with Gasteiger partial charge >= 0.3 is 5.97 Å². The number of ether oxygens (including phenoxy) is 1. The van der Waals surface area contributed by atoms with Gasteiger partial charge in [0, 0.05) is 19.2 Å². The van der Waals surface area contributed by atoms with E-state index in [1.54, 1.807) is 24.0 Å². The van der Waals surface area contributed by atoms with Crippen LogP contribution in [-0.4, -0.2) is 40.0 Å². The molecule has 94 valence electrons. The lowest BCUT2D eigenvalue weighted by Gasteiger charge is -2.04. The standard InChI is InChI=1S/C10H16N4O3/c1-2-17-10(16)4-3-9(15)11-5-7-14-8-6-12-13-14/h6,8H,2-5,7H2,1H3,(H,11,15). The van der Waals surface area contributed by atoms with Gasteiger partial charge < -0.3 is 10.1 Å². The first-order valence-corrected chi connectivity index (χ1v) is 5.48. The number of rotatable bonds is 7. The monoisotopic (exact) mass is 240 g/mol. The van der Waals surface area contributed by atoms with Crippen molar-refractivity contribution in [3.8, 4) is 0 Å². The average Bonchev–Trinajstić information content (AvgIpc) is 2.80. The fraction of sp³-hybridized carbons (Fsp3) is 0.600. The van der Waals surface area contributed by atoms with Crippen molar-refractivity contribution in [1.82, 2.24) is 20.3 Å². The minimum Gasteiger partial charge on any atom is -0.466 e. The van der Waals surface area contributed by atoms with Crippen LogP contribution in [0.15, 0.2) is 12.4 Å². The number of hydrogen-bond donors (Lipinski definition) is 1. The smallest absolute Gasteiger partial charge is 0.306 e. The highest BCUT2D eigenvalue weighted by Crippen LogP contribution is 1.92. The summed E-state index contributed by atoms with van der Waals surface area (Å²) in [5.41, 5.74) is 0. The molecule has 0 spiro atoms. The molecule has 0 bridgehead atoms. The van der Waals surface area contributed by atoms with E-state index in [1.165, 1.54) is 0 Å². The molecule has 1 heterocycles. The molecule has 1 aromatic heterocycles. The van der Waals surface area contributed by atoms with E-state index in [0.29, 0.717) is 19.7 Å². The first kappa shape index (κ1) is 13.1. The Balaban J connectivity index is 2.07. The van der Waals surface area contributed by atoms with E-state index in [0.717, 1.165) is 0 Å². The quantitative estimate of drug-likeness (QED) is 0.663. The summed E-state index contributed by atoms with van der Waals surface area (Å²) in [6, 6.07) is 0. The lowest BCUT2D eigenvalue weighted by molar-refractivity contribution is -0.144. The fourth-order valence-electron chi connectivity index (χ4n) is 1.20. The van der Waals surface area contributed by atoms with E-state index < -0.39 is 0 Å². The van der Waals surface area contributed by atoms with Gasteiger partial charge in [-0.3, -0.25) is 14.3 Å². The molecule has 1 amide bonds. The Hall–Kier alpha value is -1.92. The van der Waals surface area contributed by atoms with Gasteiger partial charge in [-0.25, -0.2) is 0 Å². The van der Waals surface area contributed by atoms with Gasteiger partial charge in [0.15, 0.2) is 0 Å². The maximum absolute atomic E-state index is 11.3. The zero-order valence-electron chi connectivity index (χ0n) is 9.76. The first-order chi connectivity index (χ1) is 8.22. The van der Waals surface area contributed by atoms with E-state index in [9.17, 15) is 9.59 Å². The Morgan fingerprint density at radius 3 is 2.88 bits per heavy atom. The summed E-state index contributed by atoms with van der Waals surface area (Å²) in [7, 11) is 0. The van der Waals surface area contributed by atoms with Gasteiger partial charge in [-0.2, -0.15) is 0 Å². The van der Waals surface area contributed by atoms with Crippen LogP contribution < -0.4 is 5.32 Å². The van der Waals surface area contributed by atoms with Gasteiger partial charge in [0.25, 0.3) is 0 Å². The first-order valence-electron chi connectivity index (χ1n) is 5.48. The number of nitrogens with zero attached hydrogens (tertiary/aromatic N) is 3. The van der Waals surface area contributed by atoms with Crippen LogP contribution in [0.5, 0.6) is 0 Å². The van der Waals surface area contributed by atoms with Crippen LogP contribution in [0.4, 0.5) is 0 Å². The highest BCUT2D eigenvalue weighted by molar-refractivity contribution is 5.81. The summed E-state index contributed by atoms with van der Waals surface area (Å²) in [6.45, 7) is 3.10. The van der Waals surface area contributed by atoms with Gasteiger partial charge in [-0.15, -0.1) is 5.10 Å². The summed E-state index contributed by atoms with van der Waals surface area (Å²) in [5.74, 6) is -0.517. The second-order valence-corrected chi connectivity index (χ2v) is 3.32. The molecule has 0 unspecified atom stereocenters. The molecule has 0 fully saturated rings. The number of aromatic nitrogens is 3. The molecule has 7 heteroatoms. The van der Waals surface area contributed by atoms with Gasteiger partial charge in [0.05, 0.1) is 25.8 Å². The fourth-order valence-corrected chi connectivity index (χ4v) is 1.20. The van der Waals surface area contributed by atoms with Crippen molar-refractivity contribution in [3.63, 3.8) is 0 Å². The van der Waals surface area contributed by atoms with Crippen molar-refractivity contribution in [3.05, 3.63) is 12.4 Å². The maximum atomic E-state index is 11.3. The molecular formula is C10H16N4O3. The number of amides is 1. The van der Waals surface area contributed by atoms with Crippen molar-refractivity contribution in [2.75, 3.05) is 13.2 Å². The largest absolute Gasteiger partial charge is 0.466 e. The molecule has 0 aliphatic heterocycles. The molecule has 1 aromatic rings. The summed E-state index contributed by atoms with van der Waals surface area (Å²) >= 11 is 0. The van der Waals surface area contributed by atoms with Crippen LogP contribution in [0.3, 0.4) is 0 Å². The Morgan fingerprint density at radius 1 is 1.41 bits per heavy atom. The highest BCUT2D eigenvalue weighted by atomic mass is 16.5. The van der Waals surface area contributed by atoms with Crippen LogP contribution in [0.25, 0.3) is 0 Å². The van der Waals surface area contributed by atoms with Crippen LogP contribution >= 0.6 is 0 Å². The molecule has 0 saturated heterocycles. The van der Waals surface area contributed by atoms with E-state index >= 15 is 0 Å². The molecule has 0 radical (unpaired) electrons. The summed E-state index contributed by atoms with van der Waals surface area (Å²) < 4.78 is 6.33. The molecule has 7 nitrogen and oxygen atoms in total. The predicted molar refractivity (Wildman–Crippen MR) is 58.9 cm³/mol. The molecule has 0 aliphatic rings. The van der Waals surface area contributed by atoms with Crippen LogP contribution in [0.2, 0.25) is 0 Å².